The van der Waals surface area contributed by atoms with Crippen molar-refractivity contribution in [3.05, 3.63) is 53.7 Å². The van der Waals surface area contributed by atoms with Crippen LogP contribution in [0, 0.1) is 5.92 Å². The molecule has 2 heterocycles. The molecule has 1 aromatic carbocycles. The highest BCUT2D eigenvalue weighted by Crippen LogP contribution is 2.30. The first-order valence-electron chi connectivity index (χ1n) is 8.69. The average Bonchev–Trinajstić information content (AvgIpc) is 2.67. The maximum Gasteiger partial charge on any atom is 0.416 e. The molecule has 27 heavy (non-hydrogen) atoms. The smallest absolute Gasteiger partial charge is 0.381 e. The van der Waals surface area contributed by atoms with Crippen LogP contribution in [0.25, 0.3) is 0 Å². The third kappa shape index (κ3) is 5.19. The molecule has 8 heteroatoms. The van der Waals surface area contributed by atoms with Gasteiger partial charge in [-0.3, -0.25) is 4.79 Å². The molecular weight excluding hydrogens is 359 g/mol. The van der Waals surface area contributed by atoms with Crippen LogP contribution in [0.4, 0.5) is 24.7 Å². The second kappa shape index (κ2) is 8.39. The zero-order valence-corrected chi connectivity index (χ0v) is 14.6. The molecular formula is C19H20F3N3O2. The number of nitrogens with zero attached hydrogens (tertiary/aromatic N) is 1. The van der Waals surface area contributed by atoms with E-state index in [9.17, 15) is 18.0 Å². The topological polar surface area (TPSA) is 63.2 Å². The maximum absolute atomic E-state index is 12.6. The minimum absolute atomic E-state index is 0.281. The average molecular weight is 379 g/mol. The van der Waals surface area contributed by atoms with Gasteiger partial charge in [-0.15, -0.1) is 0 Å². The van der Waals surface area contributed by atoms with Crippen LogP contribution in [0.3, 0.4) is 0 Å². The van der Waals surface area contributed by atoms with Crippen molar-refractivity contribution in [2.45, 2.75) is 19.0 Å². The summed E-state index contributed by atoms with van der Waals surface area (Å²) < 4.78 is 43.3. The molecule has 5 nitrogen and oxygen atoms in total. The maximum atomic E-state index is 12.6. The molecule has 3 rings (SSSR count). The van der Waals surface area contributed by atoms with Crippen LogP contribution in [0.5, 0.6) is 0 Å². The molecule has 0 saturated carbocycles. The summed E-state index contributed by atoms with van der Waals surface area (Å²) in [7, 11) is 0. The molecule has 1 unspecified atom stereocenters. The van der Waals surface area contributed by atoms with Gasteiger partial charge in [-0.05, 0) is 55.2 Å². The van der Waals surface area contributed by atoms with Crippen molar-refractivity contribution in [2.24, 2.45) is 5.92 Å². The first-order chi connectivity index (χ1) is 12.9. The number of hydrogen-bond acceptors (Lipinski definition) is 4. The van der Waals surface area contributed by atoms with Gasteiger partial charge in [-0.25, -0.2) is 4.98 Å². The Balaban J connectivity index is 1.65. The zero-order chi connectivity index (χ0) is 19.3. The Bertz CT molecular complexity index is 773. The van der Waals surface area contributed by atoms with Crippen molar-refractivity contribution in [3.8, 4) is 0 Å². The number of carbonyl (C=O) groups is 1. The van der Waals surface area contributed by atoms with Gasteiger partial charge in [0, 0.05) is 25.0 Å². The molecule has 1 aliphatic rings. The minimum atomic E-state index is -4.41. The van der Waals surface area contributed by atoms with Gasteiger partial charge in [0.05, 0.1) is 17.7 Å². The number of amides is 1. The van der Waals surface area contributed by atoms with Crippen molar-refractivity contribution in [3.63, 3.8) is 0 Å². The molecule has 1 atom stereocenters. The van der Waals surface area contributed by atoms with Crippen LogP contribution in [0.15, 0.2) is 42.6 Å². The summed E-state index contributed by atoms with van der Waals surface area (Å²) in [6.45, 7) is 2.09. The fourth-order valence-corrected chi connectivity index (χ4v) is 2.88. The number of carbonyl (C=O) groups excluding carboxylic acids is 1. The zero-order valence-electron chi connectivity index (χ0n) is 14.6. The molecule has 2 aromatic rings. The number of nitrogens with one attached hydrogen (secondary N) is 2. The fourth-order valence-electron chi connectivity index (χ4n) is 2.88. The highest BCUT2D eigenvalue weighted by atomic mass is 19.4. The van der Waals surface area contributed by atoms with Crippen molar-refractivity contribution in [2.75, 3.05) is 30.4 Å². The van der Waals surface area contributed by atoms with Crippen molar-refractivity contribution < 1.29 is 22.7 Å². The SMILES string of the molecule is O=C(Nc1ccc(C(F)(F)F)cc1)c1cccnc1NCC1CCCOC1. The summed E-state index contributed by atoms with van der Waals surface area (Å²) in [5, 5.41) is 5.78. The lowest BCUT2D eigenvalue weighted by molar-refractivity contribution is -0.137. The van der Waals surface area contributed by atoms with Gasteiger partial charge in [-0.1, -0.05) is 0 Å². The van der Waals surface area contributed by atoms with E-state index < -0.39 is 17.6 Å². The normalized spacial score (nSPS) is 17.4. The van der Waals surface area contributed by atoms with Gasteiger partial charge in [-0.2, -0.15) is 13.2 Å². The van der Waals surface area contributed by atoms with E-state index >= 15 is 0 Å². The van der Waals surface area contributed by atoms with Gasteiger partial charge in [0.25, 0.3) is 5.91 Å². The first-order valence-corrected chi connectivity index (χ1v) is 8.69. The van der Waals surface area contributed by atoms with Crippen LogP contribution in [0.1, 0.15) is 28.8 Å². The Labute approximate surface area is 154 Å². The van der Waals surface area contributed by atoms with E-state index in [2.05, 4.69) is 15.6 Å². The summed E-state index contributed by atoms with van der Waals surface area (Å²) >= 11 is 0. The fraction of sp³-hybridized carbons (Fsp3) is 0.368. The Hall–Kier alpha value is -2.61. The Morgan fingerprint density at radius 1 is 1.22 bits per heavy atom. The number of hydrogen-bond donors (Lipinski definition) is 2. The Morgan fingerprint density at radius 2 is 2.00 bits per heavy atom. The summed E-state index contributed by atoms with van der Waals surface area (Å²) in [6, 6.07) is 7.57. The van der Waals surface area contributed by atoms with Crippen molar-refractivity contribution >= 4 is 17.4 Å². The third-order valence-electron chi connectivity index (χ3n) is 4.34. The standard InChI is InChI=1S/C19H20F3N3O2/c20-19(21,22)14-5-7-15(8-6-14)25-18(26)16-4-1-9-23-17(16)24-11-13-3-2-10-27-12-13/h1,4-9,13H,2-3,10-12H2,(H,23,24)(H,25,26). The van der Waals surface area contributed by atoms with Crippen molar-refractivity contribution in [1.29, 1.82) is 0 Å². The quantitative estimate of drug-likeness (QED) is 0.818. The molecule has 1 fully saturated rings. The van der Waals surface area contributed by atoms with E-state index in [-0.39, 0.29) is 5.69 Å². The molecule has 1 aromatic heterocycles. The van der Waals surface area contributed by atoms with Gasteiger partial charge >= 0.3 is 6.18 Å². The van der Waals surface area contributed by atoms with Gasteiger partial charge in [0.15, 0.2) is 0 Å². The molecule has 144 valence electrons. The summed E-state index contributed by atoms with van der Waals surface area (Å²) in [5.41, 5.74) is -0.156. The molecule has 1 saturated heterocycles. The number of anilines is 2. The summed E-state index contributed by atoms with van der Waals surface area (Å²) in [4.78, 5) is 16.7. The van der Waals surface area contributed by atoms with E-state index in [1.165, 1.54) is 12.1 Å². The van der Waals surface area contributed by atoms with E-state index in [0.717, 1.165) is 31.6 Å². The number of halogens is 3. The van der Waals surface area contributed by atoms with Crippen LogP contribution in [-0.4, -0.2) is 30.6 Å². The Morgan fingerprint density at radius 3 is 2.67 bits per heavy atom. The lowest BCUT2D eigenvalue weighted by Gasteiger charge is -2.22. The number of pyridine rings is 1. The predicted octanol–water partition coefficient (Wildman–Crippen LogP) is 4.19. The molecule has 1 amide bonds. The molecule has 1 aliphatic heterocycles. The lowest BCUT2D eigenvalue weighted by Crippen LogP contribution is -2.25. The highest BCUT2D eigenvalue weighted by molar-refractivity contribution is 6.07. The van der Waals surface area contributed by atoms with Crippen LogP contribution in [-0.2, 0) is 10.9 Å². The minimum Gasteiger partial charge on any atom is -0.381 e. The van der Waals surface area contributed by atoms with Crippen LogP contribution in [0.2, 0.25) is 0 Å². The van der Waals surface area contributed by atoms with E-state index in [4.69, 9.17) is 4.74 Å². The highest BCUT2D eigenvalue weighted by Gasteiger charge is 2.30. The molecule has 2 N–H and O–H groups in total. The van der Waals surface area contributed by atoms with E-state index in [1.807, 2.05) is 0 Å². The number of rotatable bonds is 5. The summed E-state index contributed by atoms with van der Waals surface area (Å²) in [5.74, 6) is 0.351. The second-order valence-electron chi connectivity index (χ2n) is 6.39. The van der Waals surface area contributed by atoms with Crippen LogP contribution >= 0.6 is 0 Å². The van der Waals surface area contributed by atoms with Gasteiger partial charge in [0.2, 0.25) is 0 Å². The van der Waals surface area contributed by atoms with E-state index in [1.54, 1.807) is 18.3 Å². The second-order valence-corrected chi connectivity index (χ2v) is 6.39. The summed E-state index contributed by atoms with van der Waals surface area (Å²) in [6.07, 6.45) is -0.775. The number of benzene rings is 1. The molecule has 0 spiro atoms. The van der Waals surface area contributed by atoms with E-state index in [0.29, 0.717) is 30.5 Å². The van der Waals surface area contributed by atoms with Crippen molar-refractivity contribution in [1.82, 2.24) is 4.98 Å². The number of aromatic nitrogens is 1. The first kappa shape index (κ1) is 19.2. The monoisotopic (exact) mass is 379 g/mol. The Kier molecular flexibility index (Phi) is 5.95. The van der Waals surface area contributed by atoms with Gasteiger partial charge < -0.3 is 15.4 Å². The largest absolute Gasteiger partial charge is 0.416 e. The van der Waals surface area contributed by atoms with Gasteiger partial charge in [0.1, 0.15) is 5.82 Å². The molecule has 0 bridgehead atoms. The third-order valence-corrected chi connectivity index (χ3v) is 4.34. The number of ether oxygens (including phenoxy) is 1. The molecule has 0 aliphatic carbocycles. The lowest BCUT2D eigenvalue weighted by atomic mass is 10.0. The predicted molar refractivity (Wildman–Crippen MR) is 95.7 cm³/mol. The molecule has 0 radical (unpaired) electrons. The number of alkyl halides is 3. The van der Waals surface area contributed by atoms with Crippen LogP contribution < -0.4 is 10.6 Å².